The Balaban J connectivity index is 2.12. The van der Waals surface area contributed by atoms with Gasteiger partial charge in [0.2, 0.25) is 0 Å². The van der Waals surface area contributed by atoms with Gasteiger partial charge in [-0.05, 0) is 40.7 Å². The molecule has 1 aromatic rings. The van der Waals surface area contributed by atoms with Crippen molar-refractivity contribution in [1.82, 2.24) is 9.88 Å². The summed E-state index contributed by atoms with van der Waals surface area (Å²) in [5.74, 6) is -2.24. The zero-order valence-corrected chi connectivity index (χ0v) is 16.5. The Morgan fingerprint density at radius 1 is 1.39 bits per heavy atom. The van der Waals surface area contributed by atoms with E-state index in [0.29, 0.717) is 0 Å². The van der Waals surface area contributed by atoms with Gasteiger partial charge in [0, 0.05) is 5.56 Å². The second kappa shape index (κ2) is 6.71. The number of nitrogens with zero attached hydrogens (tertiary/aromatic N) is 1. The van der Waals surface area contributed by atoms with Gasteiger partial charge in [-0.1, -0.05) is 0 Å². The highest BCUT2D eigenvalue weighted by molar-refractivity contribution is 5.70. The molecular formula is C18H26FN3O6. The summed E-state index contributed by atoms with van der Waals surface area (Å²) in [6.07, 6.45) is -2.30. The van der Waals surface area contributed by atoms with Crippen LogP contribution in [0.5, 0.6) is 0 Å². The fourth-order valence-corrected chi connectivity index (χ4v) is 3.72. The molecular weight excluding hydrogens is 373 g/mol. The molecule has 0 aliphatic carbocycles. The van der Waals surface area contributed by atoms with E-state index in [4.69, 9.17) is 19.9 Å². The van der Waals surface area contributed by atoms with Crippen LogP contribution >= 0.6 is 0 Å². The van der Waals surface area contributed by atoms with Crippen molar-refractivity contribution in [1.29, 1.82) is 0 Å². The first kappa shape index (κ1) is 20.6. The van der Waals surface area contributed by atoms with Gasteiger partial charge < -0.3 is 30.0 Å². The molecule has 2 aliphatic heterocycles. The molecule has 1 amide bonds. The van der Waals surface area contributed by atoms with Crippen LogP contribution in [0.2, 0.25) is 0 Å². The van der Waals surface area contributed by atoms with Crippen LogP contribution in [0, 0.1) is 5.82 Å². The van der Waals surface area contributed by atoms with Gasteiger partial charge in [-0.3, -0.25) is 9.69 Å². The zero-order valence-electron chi connectivity index (χ0n) is 16.5. The number of hydrogen-bond acceptors (Lipinski definition) is 7. The van der Waals surface area contributed by atoms with Gasteiger partial charge in [-0.25, -0.2) is 9.18 Å². The Morgan fingerprint density at radius 2 is 2.00 bits per heavy atom. The lowest BCUT2D eigenvalue weighted by Gasteiger charge is -2.34. The van der Waals surface area contributed by atoms with Crippen LogP contribution in [-0.4, -0.2) is 57.3 Å². The number of halogens is 1. The van der Waals surface area contributed by atoms with E-state index in [9.17, 15) is 19.1 Å². The number of aromatic amines is 1. The summed E-state index contributed by atoms with van der Waals surface area (Å²) in [7, 11) is 0. The monoisotopic (exact) mass is 399 g/mol. The number of amides is 1. The minimum absolute atomic E-state index is 0.0650. The van der Waals surface area contributed by atoms with Crippen molar-refractivity contribution in [2.75, 3.05) is 12.3 Å². The largest absolute Gasteiger partial charge is 0.444 e. The Hall–Kier alpha value is -2.17. The molecule has 9 nitrogen and oxygen atoms in total. The number of carbonyl (C=O) groups excluding carboxylic acids is 1. The molecule has 3 rings (SSSR count). The zero-order chi connectivity index (χ0) is 21.0. The van der Waals surface area contributed by atoms with E-state index in [2.05, 4.69) is 4.98 Å². The molecule has 2 saturated heterocycles. The second-order valence-corrected chi connectivity index (χ2v) is 8.46. The van der Waals surface area contributed by atoms with Crippen molar-refractivity contribution in [3.63, 3.8) is 0 Å². The van der Waals surface area contributed by atoms with Gasteiger partial charge >= 0.3 is 6.09 Å². The lowest BCUT2D eigenvalue weighted by Crippen LogP contribution is -2.47. The number of nitrogens with one attached hydrogen (secondary N) is 1. The molecule has 3 heterocycles. The van der Waals surface area contributed by atoms with Crippen LogP contribution in [0.15, 0.2) is 10.9 Å². The predicted octanol–water partition coefficient (Wildman–Crippen LogP) is 1.27. The number of likely N-dealkylation sites (tertiary alicyclic amines) is 1. The maximum atomic E-state index is 14.1. The standard InChI is InChI=1S/C18H26FN3O6/c1-17(2,3)28-16(25)22-10(7-23)12-13(27-18(4,5)26-12)11(22)8-6-9(19)14(20)21-15(8)24/h6,10-13,23H,7H2,1-5H3,(H3,20,21,24)/t10-,11?,12-,13+/m1/s1. The highest BCUT2D eigenvalue weighted by atomic mass is 19.1. The minimum Gasteiger partial charge on any atom is -0.444 e. The molecule has 1 aromatic heterocycles. The summed E-state index contributed by atoms with van der Waals surface area (Å²) < 4.78 is 31.4. The Morgan fingerprint density at radius 3 is 2.57 bits per heavy atom. The van der Waals surface area contributed by atoms with Crippen molar-refractivity contribution in [2.24, 2.45) is 0 Å². The topological polar surface area (TPSA) is 127 Å². The average molecular weight is 399 g/mol. The Bertz CT molecular complexity index is 834. The number of carbonyl (C=O) groups is 1. The van der Waals surface area contributed by atoms with Crippen LogP contribution in [0.1, 0.15) is 46.2 Å². The maximum absolute atomic E-state index is 14.1. The van der Waals surface area contributed by atoms with E-state index in [1.807, 2.05) is 0 Å². The number of ether oxygens (including phenoxy) is 3. The molecule has 10 heteroatoms. The van der Waals surface area contributed by atoms with E-state index in [0.717, 1.165) is 6.07 Å². The lowest BCUT2D eigenvalue weighted by atomic mass is 10.0. The van der Waals surface area contributed by atoms with E-state index < -0.39 is 65.6 Å². The van der Waals surface area contributed by atoms with Crippen molar-refractivity contribution >= 4 is 11.9 Å². The third-order valence-electron chi connectivity index (χ3n) is 4.67. The van der Waals surface area contributed by atoms with Crippen molar-refractivity contribution < 1.29 is 28.5 Å². The number of fused-ring (bicyclic) bond motifs is 1. The Kier molecular flexibility index (Phi) is 4.93. The van der Waals surface area contributed by atoms with Crippen molar-refractivity contribution in [3.05, 3.63) is 27.8 Å². The number of nitrogens with two attached hydrogens (primary N) is 1. The van der Waals surface area contributed by atoms with Gasteiger partial charge in [0.1, 0.15) is 23.6 Å². The molecule has 1 unspecified atom stereocenters. The van der Waals surface area contributed by atoms with E-state index >= 15 is 0 Å². The molecule has 4 N–H and O–H groups in total. The normalized spacial score (nSPS) is 29.0. The molecule has 28 heavy (non-hydrogen) atoms. The highest BCUT2D eigenvalue weighted by Crippen LogP contribution is 2.47. The van der Waals surface area contributed by atoms with Crippen LogP contribution in [0.4, 0.5) is 15.0 Å². The summed E-state index contributed by atoms with van der Waals surface area (Å²) in [5, 5.41) is 9.97. The number of nitrogen functional groups attached to an aromatic ring is 1. The molecule has 0 aromatic carbocycles. The van der Waals surface area contributed by atoms with Gasteiger partial charge in [0.05, 0.1) is 18.7 Å². The number of anilines is 1. The Labute approximate surface area is 161 Å². The fourth-order valence-electron chi connectivity index (χ4n) is 3.72. The smallest absolute Gasteiger partial charge is 0.411 e. The summed E-state index contributed by atoms with van der Waals surface area (Å²) in [6, 6.07) is -0.897. The van der Waals surface area contributed by atoms with Crippen LogP contribution in [0.3, 0.4) is 0 Å². The number of pyridine rings is 1. The van der Waals surface area contributed by atoms with E-state index in [-0.39, 0.29) is 5.56 Å². The van der Waals surface area contributed by atoms with Crippen molar-refractivity contribution in [3.8, 4) is 0 Å². The summed E-state index contributed by atoms with van der Waals surface area (Å²) in [6.45, 7) is 7.99. The van der Waals surface area contributed by atoms with Gasteiger partial charge in [0.15, 0.2) is 11.6 Å². The van der Waals surface area contributed by atoms with Crippen LogP contribution < -0.4 is 11.3 Å². The first-order valence-electron chi connectivity index (χ1n) is 9.00. The summed E-state index contributed by atoms with van der Waals surface area (Å²) in [4.78, 5) is 28.9. The molecule has 156 valence electrons. The quantitative estimate of drug-likeness (QED) is 0.683. The first-order valence-corrected chi connectivity index (χ1v) is 9.00. The van der Waals surface area contributed by atoms with Gasteiger partial charge in [-0.15, -0.1) is 0 Å². The van der Waals surface area contributed by atoms with Gasteiger partial charge in [0.25, 0.3) is 5.56 Å². The minimum atomic E-state index is -1.03. The highest BCUT2D eigenvalue weighted by Gasteiger charge is 2.60. The van der Waals surface area contributed by atoms with Crippen LogP contribution in [0.25, 0.3) is 0 Å². The second-order valence-electron chi connectivity index (χ2n) is 8.46. The number of aliphatic hydroxyl groups excluding tert-OH is 1. The number of aromatic nitrogens is 1. The van der Waals surface area contributed by atoms with Gasteiger partial charge in [-0.2, -0.15) is 0 Å². The molecule has 0 radical (unpaired) electrons. The molecule has 2 fully saturated rings. The SMILES string of the molecule is CC(C)(C)OC(=O)N1C(c2cc(F)c(N)[nH]c2=O)[C@@H]2OC(C)(C)O[C@@H]2[C@H]1CO. The fraction of sp³-hybridized carbons (Fsp3) is 0.667. The summed E-state index contributed by atoms with van der Waals surface area (Å²) in [5.41, 5.74) is 3.89. The van der Waals surface area contributed by atoms with E-state index in [1.54, 1.807) is 34.6 Å². The molecule has 0 bridgehead atoms. The van der Waals surface area contributed by atoms with Crippen LogP contribution in [-0.2, 0) is 14.2 Å². The predicted molar refractivity (Wildman–Crippen MR) is 96.9 cm³/mol. The number of rotatable bonds is 2. The molecule has 0 saturated carbocycles. The maximum Gasteiger partial charge on any atom is 0.411 e. The number of aliphatic hydroxyl groups is 1. The molecule has 2 aliphatic rings. The van der Waals surface area contributed by atoms with E-state index in [1.165, 1.54) is 4.90 Å². The average Bonchev–Trinajstić information content (AvgIpc) is 2.99. The number of hydrogen-bond donors (Lipinski definition) is 3. The lowest BCUT2D eigenvalue weighted by molar-refractivity contribution is -0.169. The molecule has 4 atom stereocenters. The van der Waals surface area contributed by atoms with Crippen molar-refractivity contribution in [2.45, 2.75) is 70.3 Å². The number of H-pyrrole nitrogens is 1. The third-order valence-corrected chi connectivity index (χ3v) is 4.67. The first-order chi connectivity index (χ1) is 12.8. The third kappa shape index (κ3) is 3.59. The molecule has 0 spiro atoms. The summed E-state index contributed by atoms with van der Waals surface area (Å²) >= 11 is 0.